The predicted octanol–water partition coefficient (Wildman–Crippen LogP) is 3.83. The van der Waals surface area contributed by atoms with Crippen molar-refractivity contribution in [2.24, 2.45) is 5.41 Å². The van der Waals surface area contributed by atoms with Gasteiger partial charge in [0.05, 0.1) is 0 Å². The third-order valence-electron chi connectivity index (χ3n) is 3.90. The topological polar surface area (TPSA) is 20.3 Å². The van der Waals surface area contributed by atoms with E-state index in [9.17, 15) is 4.79 Å². The molecule has 0 saturated heterocycles. The van der Waals surface area contributed by atoms with Gasteiger partial charge in [-0.2, -0.15) is 0 Å². The first-order valence-electron chi connectivity index (χ1n) is 7.34. The van der Waals surface area contributed by atoms with Crippen LogP contribution in [0.15, 0.2) is 24.3 Å². The van der Waals surface area contributed by atoms with Gasteiger partial charge in [-0.15, -0.1) is 0 Å². The summed E-state index contributed by atoms with van der Waals surface area (Å²) in [6.45, 7) is 7.95. The van der Waals surface area contributed by atoms with E-state index < -0.39 is 0 Å². The van der Waals surface area contributed by atoms with E-state index in [4.69, 9.17) is 0 Å². The number of rotatable bonds is 3. The molecular formula is C17H25NO. The van der Waals surface area contributed by atoms with Crippen LogP contribution in [-0.4, -0.2) is 18.9 Å². The molecule has 104 valence electrons. The van der Waals surface area contributed by atoms with Crippen LogP contribution < -0.4 is 4.90 Å². The molecule has 0 spiro atoms. The van der Waals surface area contributed by atoms with Gasteiger partial charge in [0.1, 0.15) is 5.78 Å². The molecule has 0 saturated carbocycles. The van der Waals surface area contributed by atoms with Crippen LogP contribution in [0.1, 0.15) is 45.6 Å². The second kappa shape index (κ2) is 5.77. The largest absolute Gasteiger partial charge is 0.371 e. The van der Waals surface area contributed by atoms with Crippen molar-refractivity contribution in [3.8, 4) is 0 Å². The average Bonchev–Trinajstić information content (AvgIpc) is 2.57. The number of fused-ring (bicyclic) bond motifs is 1. The summed E-state index contributed by atoms with van der Waals surface area (Å²) < 4.78 is 0. The highest BCUT2D eigenvalue weighted by molar-refractivity contribution is 5.84. The fourth-order valence-corrected chi connectivity index (χ4v) is 2.61. The van der Waals surface area contributed by atoms with Crippen LogP contribution in [0.3, 0.4) is 0 Å². The average molecular weight is 259 g/mol. The number of Topliss-reactive ketones (excluding diaryl/α,β-unsaturated/α-hetero) is 1. The van der Waals surface area contributed by atoms with Crippen molar-refractivity contribution in [2.45, 2.75) is 46.5 Å². The minimum absolute atomic E-state index is 0.217. The molecule has 0 fully saturated rings. The number of aryl methyl sites for hydroxylation is 1. The smallest absolute Gasteiger partial charge is 0.139 e. The van der Waals surface area contributed by atoms with Gasteiger partial charge in [0.15, 0.2) is 0 Å². The Morgan fingerprint density at radius 1 is 1.21 bits per heavy atom. The summed E-state index contributed by atoms with van der Waals surface area (Å²) in [5.41, 5.74) is 2.55. The number of nitrogens with zero attached hydrogens (tertiary/aromatic N) is 1. The van der Waals surface area contributed by atoms with Crippen LogP contribution in [0.2, 0.25) is 0 Å². The zero-order valence-electron chi connectivity index (χ0n) is 12.4. The summed E-state index contributed by atoms with van der Waals surface area (Å²) in [5, 5.41) is 0. The van der Waals surface area contributed by atoms with Gasteiger partial charge in [-0.1, -0.05) is 39.0 Å². The van der Waals surface area contributed by atoms with Crippen molar-refractivity contribution in [3.63, 3.8) is 0 Å². The van der Waals surface area contributed by atoms with Gasteiger partial charge in [-0.25, -0.2) is 0 Å². The lowest BCUT2D eigenvalue weighted by Gasteiger charge is -2.26. The monoisotopic (exact) mass is 259 g/mol. The van der Waals surface area contributed by atoms with Gasteiger partial charge in [0.25, 0.3) is 0 Å². The Balaban J connectivity index is 2.06. The SMILES string of the molecule is CC(C)(C)C(=O)CCN1CCCCc2ccccc21. The maximum absolute atomic E-state index is 12.1. The summed E-state index contributed by atoms with van der Waals surface area (Å²) in [7, 11) is 0. The Morgan fingerprint density at radius 3 is 2.68 bits per heavy atom. The third kappa shape index (κ3) is 3.59. The predicted molar refractivity (Wildman–Crippen MR) is 80.7 cm³/mol. The molecule has 2 nitrogen and oxygen atoms in total. The number of carbonyl (C=O) groups is 1. The normalized spacial score (nSPS) is 15.8. The number of ketones is 1. The molecule has 1 heterocycles. The molecule has 0 amide bonds. The molecule has 1 aliphatic rings. The lowest BCUT2D eigenvalue weighted by molar-refractivity contribution is -0.126. The van der Waals surface area contributed by atoms with Gasteiger partial charge in [0, 0.05) is 30.6 Å². The van der Waals surface area contributed by atoms with E-state index in [0.29, 0.717) is 12.2 Å². The van der Waals surface area contributed by atoms with E-state index in [2.05, 4.69) is 29.2 Å². The summed E-state index contributed by atoms with van der Waals surface area (Å²) in [6, 6.07) is 8.63. The molecule has 1 aromatic carbocycles. The molecule has 2 rings (SSSR count). The molecule has 0 atom stereocenters. The number of hydrogen-bond donors (Lipinski definition) is 0. The number of para-hydroxylation sites is 1. The van der Waals surface area contributed by atoms with E-state index in [1.165, 1.54) is 30.5 Å². The molecule has 0 aromatic heterocycles. The Labute approximate surface area is 116 Å². The molecule has 0 bridgehead atoms. The first kappa shape index (κ1) is 14.1. The van der Waals surface area contributed by atoms with E-state index in [1.807, 2.05) is 20.8 Å². The van der Waals surface area contributed by atoms with Crippen molar-refractivity contribution in [2.75, 3.05) is 18.0 Å². The van der Waals surface area contributed by atoms with Gasteiger partial charge < -0.3 is 4.90 Å². The lowest BCUT2D eigenvalue weighted by Crippen LogP contribution is -2.30. The fourth-order valence-electron chi connectivity index (χ4n) is 2.61. The number of anilines is 1. The van der Waals surface area contributed by atoms with Crippen LogP contribution in [0.4, 0.5) is 5.69 Å². The molecule has 1 aromatic rings. The summed E-state index contributed by atoms with van der Waals surface area (Å²) >= 11 is 0. The van der Waals surface area contributed by atoms with Crippen molar-refractivity contribution >= 4 is 11.5 Å². The van der Waals surface area contributed by atoms with E-state index >= 15 is 0 Å². The first-order valence-corrected chi connectivity index (χ1v) is 7.34. The highest BCUT2D eigenvalue weighted by Gasteiger charge is 2.22. The van der Waals surface area contributed by atoms with E-state index in [1.54, 1.807) is 0 Å². The fraction of sp³-hybridized carbons (Fsp3) is 0.588. The molecule has 0 unspecified atom stereocenters. The highest BCUT2D eigenvalue weighted by atomic mass is 16.1. The minimum atomic E-state index is -0.217. The van der Waals surface area contributed by atoms with Crippen LogP contribution in [0.5, 0.6) is 0 Å². The quantitative estimate of drug-likeness (QED) is 0.822. The van der Waals surface area contributed by atoms with Crippen LogP contribution >= 0.6 is 0 Å². The molecule has 0 radical (unpaired) electrons. The number of benzene rings is 1. The zero-order valence-corrected chi connectivity index (χ0v) is 12.4. The number of carbonyl (C=O) groups excluding carboxylic acids is 1. The van der Waals surface area contributed by atoms with Crippen molar-refractivity contribution < 1.29 is 4.79 Å². The molecule has 0 N–H and O–H groups in total. The van der Waals surface area contributed by atoms with Crippen molar-refractivity contribution in [1.29, 1.82) is 0 Å². The molecule has 19 heavy (non-hydrogen) atoms. The Kier molecular flexibility index (Phi) is 4.28. The summed E-state index contributed by atoms with van der Waals surface area (Å²) in [4.78, 5) is 14.5. The summed E-state index contributed by atoms with van der Waals surface area (Å²) in [6.07, 6.45) is 4.29. The van der Waals surface area contributed by atoms with E-state index in [-0.39, 0.29) is 5.41 Å². The van der Waals surface area contributed by atoms with Crippen LogP contribution in [0.25, 0.3) is 0 Å². The minimum Gasteiger partial charge on any atom is -0.371 e. The zero-order chi connectivity index (χ0) is 13.9. The molecule has 0 aliphatic carbocycles. The molecule has 1 aliphatic heterocycles. The second-order valence-corrected chi connectivity index (χ2v) is 6.50. The molecular weight excluding hydrogens is 234 g/mol. The summed E-state index contributed by atoms with van der Waals surface area (Å²) in [5.74, 6) is 0.356. The van der Waals surface area contributed by atoms with Crippen LogP contribution in [-0.2, 0) is 11.2 Å². The second-order valence-electron chi connectivity index (χ2n) is 6.50. The maximum Gasteiger partial charge on any atom is 0.139 e. The highest BCUT2D eigenvalue weighted by Crippen LogP contribution is 2.26. The Morgan fingerprint density at radius 2 is 1.95 bits per heavy atom. The van der Waals surface area contributed by atoms with Gasteiger partial charge >= 0.3 is 0 Å². The Hall–Kier alpha value is -1.31. The molecule has 2 heteroatoms. The van der Waals surface area contributed by atoms with Crippen molar-refractivity contribution in [1.82, 2.24) is 0 Å². The van der Waals surface area contributed by atoms with Gasteiger partial charge in [0.2, 0.25) is 0 Å². The van der Waals surface area contributed by atoms with Crippen LogP contribution in [0, 0.1) is 5.41 Å². The third-order valence-corrected chi connectivity index (χ3v) is 3.90. The van der Waals surface area contributed by atoms with Gasteiger partial charge in [-0.05, 0) is 30.9 Å². The number of hydrogen-bond acceptors (Lipinski definition) is 2. The first-order chi connectivity index (χ1) is 8.98. The standard InChI is InChI=1S/C17H25NO/c1-17(2,3)16(19)11-13-18-12-7-6-9-14-8-4-5-10-15(14)18/h4-5,8,10H,6-7,9,11-13H2,1-3H3. The maximum atomic E-state index is 12.1. The van der Waals surface area contributed by atoms with Gasteiger partial charge in [-0.3, -0.25) is 4.79 Å². The Bertz CT molecular complexity index is 445. The lowest BCUT2D eigenvalue weighted by atomic mass is 9.89. The van der Waals surface area contributed by atoms with Crippen molar-refractivity contribution in [3.05, 3.63) is 29.8 Å². The van der Waals surface area contributed by atoms with E-state index in [0.717, 1.165) is 13.1 Å².